The number of benzene rings is 2. The number of sulfonamides is 2. The lowest BCUT2D eigenvalue weighted by Gasteiger charge is -2.15. The molecule has 1 aliphatic heterocycles. The first-order chi connectivity index (χ1) is 13.7. The van der Waals surface area contributed by atoms with Crippen molar-refractivity contribution in [2.24, 2.45) is 0 Å². The molecule has 0 radical (unpaired) electrons. The molecule has 0 saturated carbocycles. The van der Waals surface area contributed by atoms with Gasteiger partial charge in [0.2, 0.25) is 20.0 Å². The van der Waals surface area contributed by atoms with Gasteiger partial charge in [-0.15, -0.1) is 0 Å². The van der Waals surface area contributed by atoms with E-state index in [0.717, 1.165) is 12.8 Å². The summed E-state index contributed by atoms with van der Waals surface area (Å²) in [6.45, 7) is -2.07. The van der Waals surface area contributed by atoms with Crippen molar-refractivity contribution in [3.8, 4) is 5.75 Å². The molecule has 11 heteroatoms. The Kier molecular flexibility index (Phi) is 6.52. The summed E-state index contributed by atoms with van der Waals surface area (Å²) in [7, 11) is -7.49. The molecule has 7 nitrogen and oxygen atoms in total. The fourth-order valence-corrected chi connectivity index (χ4v) is 5.45. The van der Waals surface area contributed by atoms with Crippen LogP contribution in [0.1, 0.15) is 18.4 Å². The lowest BCUT2D eigenvalue weighted by atomic mass is 10.2. The van der Waals surface area contributed by atoms with E-state index in [1.807, 2.05) is 0 Å². The minimum absolute atomic E-state index is 0.0265. The first-order valence-corrected chi connectivity index (χ1v) is 11.7. The lowest BCUT2D eigenvalue weighted by molar-refractivity contribution is -0.0498. The van der Waals surface area contributed by atoms with Crippen molar-refractivity contribution in [1.82, 2.24) is 9.03 Å². The maximum Gasteiger partial charge on any atom is 0.387 e. The van der Waals surface area contributed by atoms with E-state index in [4.69, 9.17) is 0 Å². The van der Waals surface area contributed by atoms with Crippen molar-refractivity contribution in [3.63, 3.8) is 0 Å². The first kappa shape index (κ1) is 21.6. The summed E-state index contributed by atoms with van der Waals surface area (Å²) >= 11 is 0. The first-order valence-electron chi connectivity index (χ1n) is 8.82. The van der Waals surface area contributed by atoms with Gasteiger partial charge in [-0.2, -0.15) is 13.1 Å². The largest absolute Gasteiger partial charge is 0.435 e. The topological polar surface area (TPSA) is 92.8 Å². The molecule has 1 saturated heterocycles. The Balaban J connectivity index is 1.66. The fraction of sp³-hybridized carbons (Fsp3) is 0.333. The van der Waals surface area contributed by atoms with Crippen LogP contribution in [0.4, 0.5) is 8.78 Å². The molecule has 0 bridgehead atoms. The summed E-state index contributed by atoms with van der Waals surface area (Å²) in [5.74, 6) is -0.0265. The predicted molar refractivity (Wildman–Crippen MR) is 102 cm³/mol. The maximum atomic E-state index is 12.5. The summed E-state index contributed by atoms with van der Waals surface area (Å²) in [5.41, 5.74) is 0.545. The Morgan fingerprint density at radius 3 is 2.00 bits per heavy atom. The summed E-state index contributed by atoms with van der Waals surface area (Å²) in [5, 5.41) is 0. The molecule has 3 rings (SSSR count). The molecule has 0 atom stereocenters. The molecule has 0 spiro atoms. The van der Waals surface area contributed by atoms with Crippen LogP contribution in [0.3, 0.4) is 0 Å². The molecule has 1 aliphatic rings. The Bertz CT molecular complexity index is 1030. The molecule has 2 aromatic rings. The van der Waals surface area contributed by atoms with Crippen molar-refractivity contribution in [2.75, 3.05) is 13.1 Å². The van der Waals surface area contributed by atoms with Gasteiger partial charge < -0.3 is 4.74 Å². The SMILES string of the molecule is O=S(=O)(NCc1ccc(OC(F)F)cc1)c1ccc(S(=O)(=O)N2CCCC2)cc1. The molecular formula is C18H20F2N2O5S2. The molecule has 0 unspecified atom stereocenters. The fourth-order valence-electron chi connectivity index (χ4n) is 2.92. The third-order valence-corrected chi connectivity index (χ3v) is 7.78. The number of halogens is 2. The highest BCUT2D eigenvalue weighted by molar-refractivity contribution is 7.89. The number of hydrogen-bond acceptors (Lipinski definition) is 5. The van der Waals surface area contributed by atoms with Crippen LogP contribution in [0, 0.1) is 0 Å². The van der Waals surface area contributed by atoms with Gasteiger partial charge in [-0.1, -0.05) is 12.1 Å². The molecule has 2 aromatic carbocycles. The molecule has 0 aromatic heterocycles. The van der Waals surface area contributed by atoms with Gasteiger partial charge in [0.05, 0.1) is 9.79 Å². The summed E-state index contributed by atoms with van der Waals surface area (Å²) in [6, 6.07) is 10.6. The second kappa shape index (κ2) is 8.74. The van der Waals surface area contributed by atoms with Crippen LogP contribution >= 0.6 is 0 Å². The Morgan fingerprint density at radius 2 is 1.45 bits per heavy atom. The average molecular weight is 446 g/mol. The quantitative estimate of drug-likeness (QED) is 0.673. The van der Waals surface area contributed by atoms with Gasteiger partial charge in [0.1, 0.15) is 5.75 Å². The number of nitrogens with zero attached hydrogens (tertiary/aromatic N) is 1. The number of rotatable bonds is 8. The van der Waals surface area contributed by atoms with Crippen molar-refractivity contribution < 1.29 is 30.4 Å². The van der Waals surface area contributed by atoms with Gasteiger partial charge in [0, 0.05) is 19.6 Å². The van der Waals surface area contributed by atoms with E-state index in [1.54, 1.807) is 0 Å². The Hall–Kier alpha value is -2.08. The van der Waals surface area contributed by atoms with Crippen LogP contribution in [0.15, 0.2) is 58.3 Å². The molecule has 0 aliphatic carbocycles. The van der Waals surface area contributed by atoms with Crippen LogP contribution < -0.4 is 9.46 Å². The van der Waals surface area contributed by atoms with Crippen molar-refractivity contribution in [1.29, 1.82) is 0 Å². The zero-order valence-electron chi connectivity index (χ0n) is 15.3. The Morgan fingerprint density at radius 1 is 0.897 bits per heavy atom. The molecule has 1 N–H and O–H groups in total. The van der Waals surface area contributed by atoms with E-state index >= 15 is 0 Å². The zero-order valence-corrected chi connectivity index (χ0v) is 16.9. The lowest BCUT2D eigenvalue weighted by Crippen LogP contribution is -2.28. The third-order valence-electron chi connectivity index (χ3n) is 4.45. The molecule has 1 heterocycles. The van der Waals surface area contributed by atoms with Gasteiger partial charge in [-0.25, -0.2) is 21.6 Å². The van der Waals surface area contributed by atoms with Gasteiger partial charge in [0.15, 0.2) is 0 Å². The number of hydrogen-bond donors (Lipinski definition) is 1. The van der Waals surface area contributed by atoms with Crippen LogP contribution in [0.25, 0.3) is 0 Å². The van der Waals surface area contributed by atoms with Crippen LogP contribution in [0.2, 0.25) is 0 Å². The molecule has 158 valence electrons. The number of nitrogens with one attached hydrogen (secondary N) is 1. The summed E-state index contributed by atoms with van der Waals surface area (Å²) in [6.07, 6.45) is 1.62. The van der Waals surface area contributed by atoms with E-state index in [2.05, 4.69) is 9.46 Å². The normalized spacial score (nSPS) is 15.7. The maximum absolute atomic E-state index is 12.5. The summed E-state index contributed by atoms with van der Waals surface area (Å²) < 4.78 is 82.2. The molecule has 29 heavy (non-hydrogen) atoms. The van der Waals surface area contributed by atoms with Crippen molar-refractivity contribution >= 4 is 20.0 Å². The molecule has 0 amide bonds. The Labute approximate surface area is 168 Å². The zero-order chi connectivity index (χ0) is 21.1. The monoisotopic (exact) mass is 446 g/mol. The number of alkyl halides is 2. The number of ether oxygens (including phenoxy) is 1. The van der Waals surface area contributed by atoms with Crippen LogP contribution in [0.5, 0.6) is 5.75 Å². The minimum atomic E-state index is -3.88. The second-order valence-corrected chi connectivity index (χ2v) is 10.1. The standard InChI is InChI=1S/C18H20F2N2O5S2/c19-18(20)27-15-5-3-14(4-6-15)13-21-28(23,24)16-7-9-17(10-8-16)29(25,26)22-11-1-2-12-22/h3-10,18,21H,1-2,11-13H2. The minimum Gasteiger partial charge on any atom is -0.435 e. The van der Waals surface area contributed by atoms with E-state index < -0.39 is 26.7 Å². The predicted octanol–water partition coefficient (Wildman–Crippen LogP) is 2.55. The van der Waals surface area contributed by atoms with Crippen LogP contribution in [-0.4, -0.2) is 40.8 Å². The van der Waals surface area contributed by atoms with Gasteiger partial charge >= 0.3 is 6.61 Å². The highest BCUT2D eigenvalue weighted by Crippen LogP contribution is 2.22. The van der Waals surface area contributed by atoms with Gasteiger partial charge in [-0.3, -0.25) is 0 Å². The third kappa shape index (κ3) is 5.30. The summed E-state index contributed by atoms with van der Waals surface area (Å²) in [4.78, 5) is -0.0245. The molecular weight excluding hydrogens is 426 g/mol. The highest BCUT2D eigenvalue weighted by atomic mass is 32.2. The van der Waals surface area contributed by atoms with Gasteiger partial charge in [0.25, 0.3) is 0 Å². The van der Waals surface area contributed by atoms with Crippen molar-refractivity contribution in [3.05, 3.63) is 54.1 Å². The average Bonchev–Trinajstić information content (AvgIpc) is 3.23. The highest BCUT2D eigenvalue weighted by Gasteiger charge is 2.27. The van der Waals surface area contributed by atoms with E-state index in [9.17, 15) is 25.6 Å². The van der Waals surface area contributed by atoms with E-state index in [0.29, 0.717) is 18.7 Å². The smallest absolute Gasteiger partial charge is 0.387 e. The van der Waals surface area contributed by atoms with Crippen LogP contribution in [-0.2, 0) is 26.6 Å². The van der Waals surface area contributed by atoms with E-state index in [-0.39, 0.29) is 22.1 Å². The molecule has 1 fully saturated rings. The van der Waals surface area contributed by atoms with Gasteiger partial charge in [-0.05, 0) is 54.8 Å². The van der Waals surface area contributed by atoms with Crippen molar-refractivity contribution in [2.45, 2.75) is 35.8 Å². The second-order valence-electron chi connectivity index (χ2n) is 6.43. The van der Waals surface area contributed by atoms with E-state index in [1.165, 1.54) is 52.8 Å².